The van der Waals surface area contributed by atoms with Gasteiger partial charge in [-0.05, 0) is 29.5 Å². The number of aromatic amines is 1. The van der Waals surface area contributed by atoms with E-state index in [0.717, 1.165) is 22.4 Å². The van der Waals surface area contributed by atoms with Crippen LogP contribution in [0.4, 0.5) is 0 Å². The molecule has 0 saturated heterocycles. The Kier molecular flexibility index (Phi) is 6.09. The van der Waals surface area contributed by atoms with E-state index >= 15 is 0 Å². The Morgan fingerprint density at radius 1 is 0.971 bits per heavy atom. The second kappa shape index (κ2) is 9.48. The molecule has 1 aliphatic heterocycles. The molecular weight excluding hydrogens is 424 g/mol. The van der Waals surface area contributed by atoms with Crippen LogP contribution in [0, 0.1) is 5.92 Å². The predicted molar refractivity (Wildman–Crippen MR) is 128 cm³/mol. The number of pyridine rings is 1. The van der Waals surface area contributed by atoms with Gasteiger partial charge in [0.15, 0.2) is 18.2 Å². The van der Waals surface area contributed by atoms with Crippen molar-refractivity contribution in [2.24, 2.45) is 5.92 Å². The van der Waals surface area contributed by atoms with Gasteiger partial charge in [-0.15, -0.1) is 0 Å². The number of rotatable bonds is 5. The fourth-order valence-corrected chi connectivity index (χ4v) is 5.07. The number of ketones is 1. The molecule has 5 heteroatoms. The summed E-state index contributed by atoms with van der Waals surface area (Å²) in [5, 5.41) is 3.33. The quantitative estimate of drug-likeness (QED) is 0.582. The van der Waals surface area contributed by atoms with Gasteiger partial charge in [0.1, 0.15) is 12.5 Å². The molecular formula is C29H27N2O3+. The van der Waals surface area contributed by atoms with Gasteiger partial charge in [-0.3, -0.25) is 9.59 Å². The van der Waals surface area contributed by atoms with Gasteiger partial charge in [0, 0.05) is 40.9 Å². The molecule has 0 fully saturated rings. The second-order valence-corrected chi connectivity index (χ2v) is 8.87. The first kappa shape index (κ1) is 21.8. The maximum Gasteiger partial charge on any atom is 0.316 e. The van der Waals surface area contributed by atoms with Crippen molar-refractivity contribution in [3.63, 3.8) is 0 Å². The number of Topliss-reactive ketones (excluding diaryl/α,β-unsaturated/α-hetero) is 1. The zero-order valence-electron chi connectivity index (χ0n) is 18.9. The molecule has 170 valence electrons. The van der Waals surface area contributed by atoms with Crippen LogP contribution >= 0.6 is 0 Å². The van der Waals surface area contributed by atoms with E-state index in [4.69, 9.17) is 4.74 Å². The van der Waals surface area contributed by atoms with Crippen LogP contribution < -0.4 is 10.3 Å². The van der Waals surface area contributed by atoms with E-state index in [9.17, 15) is 9.59 Å². The first-order chi connectivity index (χ1) is 16.6. The third-order valence-electron chi connectivity index (χ3n) is 6.68. The number of carbonyl (C=O) groups is 2. The highest BCUT2D eigenvalue weighted by Crippen LogP contribution is 2.46. The van der Waals surface area contributed by atoms with Crippen LogP contribution in [0.1, 0.15) is 41.4 Å². The molecule has 3 unspecified atom stereocenters. The van der Waals surface area contributed by atoms with E-state index in [-0.39, 0.29) is 24.3 Å². The van der Waals surface area contributed by atoms with E-state index in [2.05, 4.69) is 29.0 Å². The SMILES string of the molecule is C=C1NC2=C(C(=O)CC(c3ccccc3)C2)C(c2ccc[nH+]c2)C1C(=O)OCc1ccccc1. The number of carbonyl (C=O) groups excluding carboxylic acids is 2. The summed E-state index contributed by atoms with van der Waals surface area (Å²) in [5.74, 6) is -1.38. The summed E-state index contributed by atoms with van der Waals surface area (Å²) in [6.07, 6.45) is 4.77. The Morgan fingerprint density at radius 3 is 2.38 bits per heavy atom. The fraction of sp³-hybridized carbons (Fsp3) is 0.207. The average molecular weight is 452 g/mol. The molecule has 2 aromatic carbocycles. The Labute approximate surface area is 199 Å². The molecule has 5 nitrogen and oxygen atoms in total. The number of aromatic nitrogens is 1. The minimum atomic E-state index is -0.699. The van der Waals surface area contributed by atoms with Crippen molar-refractivity contribution in [1.29, 1.82) is 0 Å². The molecule has 2 N–H and O–H groups in total. The molecule has 0 bridgehead atoms. The van der Waals surface area contributed by atoms with Crippen molar-refractivity contribution >= 4 is 11.8 Å². The van der Waals surface area contributed by atoms with E-state index in [1.807, 2.05) is 73.1 Å². The van der Waals surface area contributed by atoms with Crippen molar-refractivity contribution in [2.45, 2.75) is 31.3 Å². The molecule has 3 aromatic rings. The minimum Gasteiger partial charge on any atom is -0.460 e. The van der Waals surface area contributed by atoms with Crippen LogP contribution in [-0.4, -0.2) is 11.8 Å². The van der Waals surface area contributed by atoms with Crippen LogP contribution in [0.3, 0.4) is 0 Å². The highest BCUT2D eigenvalue weighted by atomic mass is 16.5. The average Bonchev–Trinajstić information content (AvgIpc) is 2.88. The van der Waals surface area contributed by atoms with E-state index in [0.29, 0.717) is 24.1 Å². The van der Waals surface area contributed by atoms with Gasteiger partial charge in [0.25, 0.3) is 0 Å². The number of hydrogen-bond donors (Lipinski definition) is 1. The lowest BCUT2D eigenvalue weighted by Gasteiger charge is -2.39. The topological polar surface area (TPSA) is 69.5 Å². The molecule has 0 saturated carbocycles. The van der Waals surface area contributed by atoms with E-state index in [1.54, 1.807) is 0 Å². The van der Waals surface area contributed by atoms with Gasteiger partial charge >= 0.3 is 5.97 Å². The summed E-state index contributed by atoms with van der Waals surface area (Å²) in [6.45, 7) is 4.37. The van der Waals surface area contributed by atoms with Gasteiger partial charge in [-0.25, -0.2) is 4.98 Å². The van der Waals surface area contributed by atoms with Crippen molar-refractivity contribution in [3.8, 4) is 0 Å². The predicted octanol–water partition coefficient (Wildman–Crippen LogP) is 4.46. The third kappa shape index (κ3) is 4.29. The van der Waals surface area contributed by atoms with Crippen LogP contribution in [0.15, 0.2) is 109 Å². The maximum absolute atomic E-state index is 13.6. The van der Waals surface area contributed by atoms with Gasteiger partial charge in [-0.1, -0.05) is 67.2 Å². The standard InChI is InChI=1S/C29H26N2O3/c1-19-26(29(33)34-18-20-9-4-2-5-10-20)27(22-13-8-14-30-17-22)28-24(31-19)15-23(16-25(28)32)21-11-6-3-7-12-21/h2-14,17,23,26-27,31H,1,15-16,18H2/p+1. The van der Waals surface area contributed by atoms with Crippen LogP contribution in [0.2, 0.25) is 0 Å². The molecule has 0 amide bonds. The number of H-pyrrole nitrogens is 1. The molecule has 5 rings (SSSR count). The second-order valence-electron chi connectivity index (χ2n) is 8.87. The number of esters is 1. The Morgan fingerprint density at radius 2 is 1.68 bits per heavy atom. The highest BCUT2D eigenvalue weighted by Gasteiger charge is 2.46. The summed E-state index contributed by atoms with van der Waals surface area (Å²) in [4.78, 5) is 30.0. The Balaban J connectivity index is 1.49. The normalized spacial score (nSPS) is 22.1. The van der Waals surface area contributed by atoms with Gasteiger partial charge < -0.3 is 10.1 Å². The summed E-state index contributed by atoms with van der Waals surface area (Å²) >= 11 is 0. The summed E-state index contributed by atoms with van der Waals surface area (Å²) in [6, 6.07) is 23.5. The molecule has 1 aromatic heterocycles. The summed E-state index contributed by atoms with van der Waals surface area (Å²) < 4.78 is 5.71. The zero-order chi connectivity index (χ0) is 23.5. The van der Waals surface area contributed by atoms with Crippen LogP contribution in [-0.2, 0) is 20.9 Å². The van der Waals surface area contributed by atoms with Crippen molar-refractivity contribution < 1.29 is 19.3 Å². The fourth-order valence-electron chi connectivity index (χ4n) is 5.07. The molecule has 2 heterocycles. The summed E-state index contributed by atoms with van der Waals surface area (Å²) in [7, 11) is 0. The van der Waals surface area contributed by atoms with Crippen molar-refractivity contribution in [2.75, 3.05) is 0 Å². The van der Waals surface area contributed by atoms with Gasteiger partial charge in [0.2, 0.25) is 0 Å². The molecule has 2 aliphatic rings. The number of ether oxygens (including phenoxy) is 1. The smallest absolute Gasteiger partial charge is 0.316 e. The van der Waals surface area contributed by atoms with Crippen molar-refractivity contribution in [3.05, 3.63) is 125 Å². The third-order valence-corrected chi connectivity index (χ3v) is 6.68. The monoisotopic (exact) mass is 451 g/mol. The highest BCUT2D eigenvalue weighted by molar-refractivity contribution is 6.01. The van der Waals surface area contributed by atoms with E-state index < -0.39 is 11.8 Å². The number of nitrogens with one attached hydrogen (secondary N) is 2. The molecule has 3 atom stereocenters. The van der Waals surface area contributed by atoms with Crippen LogP contribution in [0.25, 0.3) is 0 Å². The lowest BCUT2D eigenvalue weighted by molar-refractivity contribution is -0.378. The van der Waals surface area contributed by atoms with Crippen LogP contribution in [0.5, 0.6) is 0 Å². The number of hydrogen-bond acceptors (Lipinski definition) is 4. The molecule has 34 heavy (non-hydrogen) atoms. The maximum atomic E-state index is 13.6. The zero-order valence-corrected chi connectivity index (χ0v) is 18.9. The lowest BCUT2D eigenvalue weighted by atomic mass is 9.69. The lowest BCUT2D eigenvalue weighted by Crippen LogP contribution is -2.42. The largest absolute Gasteiger partial charge is 0.460 e. The molecule has 0 spiro atoms. The summed E-state index contributed by atoms with van der Waals surface area (Å²) in [5.41, 5.74) is 5.01. The van der Waals surface area contributed by atoms with Gasteiger partial charge in [-0.2, -0.15) is 0 Å². The molecule has 0 radical (unpaired) electrons. The Hall–Kier alpha value is -3.99. The minimum absolute atomic E-state index is 0.0600. The first-order valence-electron chi connectivity index (χ1n) is 11.6. The Bertz CT molecular complexity index is 1240. The number of benzene rings is 2. The van der Waals surface area contributed by atoms with Crippen molar-refractivity contribution in [1.82, 2.24) is 5.32 Å². The number of allylic oxidation sites excluding steroid dienone is 2. The van der Waals surface area contributed by atoms with E-state index in [1.165, 1.54) is 0 Å². The first-order valence-corrected chi connectivity index (χ1v) is 11.6. The van der Waals surface area contributed by atoms with Gasteiger partial charge in [0.05, 0.1) is 0 Å². The molecule has 1 aliphatic carbocycles.